The maximum Gasteiger partial charge on any atom is 0.408 e. The van der Waals surface area contributed by atoms with Gasteiger partial charge < -0.3 is 26.0 Å². The average molecular weight is 306 g/mol. The number of carbonyl (C=O) groups is 3. The van der Waals surface area contributed by atoms with E-state index in [0.29, 0.717) is 19.4 Å². The van der Waals surface area contributed by atoms with Crippen molar-refractivity contribution in [3.8, 4) is 0 Å². The number of aliphatic carboxylic acids is 2. The quantitative estimate of drug-likeness (QED) is 0.540. The van der Waals surface area contributed by atoms with Gasteiger partial charge in [-0.25, -0.2) is 9.59 Å². The van der Waals surface area contributed by atoms with Crippen molar-refractivity contribution in [3.05, 3.63) is 0 Å². The second-order valence-corrected chi connectivity index (χ2v) is 5.34. The van der Waals surface area contributed by atoms with Crippen LogP contribution < -0.4 is 11.1 Å². The van der Waals surface area contributed by atoms with Crippen LogP contribution in [0.5, 0.6) is 0 Å². The summed E-state index contributed by atoms with van der Waals surface area (Å²) in [5, 5.41) is 18.7. The second kappa shape index (κ2) is 10.9. The summed E-state index contributed by atoms with van der Waals surface area (Å²) in [6.45, 7) is 6.75. The number of rotatable bonds is 6. The maximum atomic E-state index is 11.4. The smallest absolute Gasteiger partial charge is 0.408 e. The molecule has 1 amide bonds. The monoisotopic (exact) mass is 306 g/mol. The summed E-state index contributed by atoms with van der Waals surface area (Å²) in [7, 11) is 0. The lowest BCUT2D eigenvalue weighted by molar-refractivity contribution is -0.139. The molecule has 0 bridgehead atoms. The van der Waals surface area contributed by atoms with Crippen LogP contribution in [0, 0.1) is 0 Å². The zero-order valence-corrected chi connectivity index (χ0v) is 13.0. The molecule has 0 spiro atoms. The van der Waals surface area contributed by atoms with Crippen molar-refractivity contribution in [1.29, 1.82) is 0 Å². The number of amides is 1. The fourth-order valence-electron chi connectivity index (χ4n) is 1.20. The number of hydrogen-bond acceptors (Lipinski definition) is 5. The van der Waals surface area contributed by atoms with Crippen LogP contribution in [0.4, 0.5) is 4.79 Å². The molecule has 0 aromatic heterocycles. The van der Waals surface area contributed by atoms with Gasteiger partial charge in [-0.1, -0.05) is 0 Å². The second-order valence-electron chi connectivity index (χ2n) is 5.34. The van der Waals surface area contributed by atoms with Crippen LogP contribution in [0.3, 0.4) is 0 Å². The normalized spacial score (nSPS) is 11.7. The Morgan fingerprint density at radius 1 is 1.19 bits per heavy atom. The number of nitrogens with one attached hydrogen (secondary N) is 1. The van der Waals surface area contributed by atoms with Crippen molar-refractivity contribution in [1.82, 2.24) is 5.32 Å². The van der Waals surface area contributed by atoms with Gasteiger partial charge in [0.05, 0.1) is 0 Å². The Morgan fingerprint density at radius 2 is 1.67 bits per heavy atom. The highest BCUT2D eigenvalue weighted by Crippen LogP contribution is 2.08. The van der Waals surface area contributed by atoms with Crippen molar-refractivity contribution in [3.63, 3.8) is 0 Å². The molecular formula is C13H26N2O6. The summed E-state index contributed by atoms with van der Waals surface area (Å²) < 4.78 is 4.99. The third-order valence-electron chi connectivity index (χ3n) is 1.94. The Morgan fingerprint density at radius 3 is 2.00 bits per heavy atom. The Kier molecular flexibility index (Phi) is 11.1. The van der Waals surface area contributed by atoms with Crippen LogP contribution in [-0.4, -0.2) is 46.4 Å². The number of ether oxygens (including phenoxy) is 1. The SMILES string of the molecule is CC(=O)O.CC(C)(C)OC(=O)NC(CCCCN)C(=O)O. The molecule has 0 aliphatic rings. The average Bonchev–Trinajstić information content (AvgIpc) is 2.24. The van der Waals surface area contributed by atoms with Crippen LogP contribution in [0.2, 0.25) is 0 Å². The third-order valence-corrected chi connectivity index (χ3v) is 1.94. The first-order chi connectivity index (χ1) is 9.49. The van der Waals surface area contributed by atoms with Gasteiger partial charge in [0.2, 0.25) is 0 Å². The number of unbranched alkanes of at least 4 members (excludes halogenated alkanes) is 1. The highest BCUT2D eigenvalue weighted by atomic mass is 16.6. The fourth-order valence-corrected chi connectivity index (χ4v) is 1.20. The van der Waals surface area contributed by atoms with Crippen LogP contribution in [0.15, 0.2) is 0 Å². The van der Waals surface area contributed by atoms with Crippen LogP contribution in [-0.2, 0) is 14.3 Å². The zero-order chi connectivity index (χ0) is 17.1. The Bertz CT molecular complexity index is 334. The molecule has 0 fully saturated rings. The van der Waals surface area contributed by atoms with Gasteiger partial charge in [0.25, 0.3) is 5.97 Å². The lowest BCUT2D eigenvalue weighted by atomic mass is 10.1. The minimum absolute atomic E-state index is 0.353. The maximum absolute atomic E-state index is 11.4. The lowest BCUT2D eigenvalue weighted by Gasteiger charge is -2.21. The van der Waals surface area contributed by atoms with Crippen molar-refractivity contribution < 1.29 is 29.3 Å². The minimum Gasteiger partial charge on any atom is -0.481 e. The molecule has 1 atom stereocenters. The van der Waals surface area contributed by atoms with Gasteiger partial charge in [0, 0.05) is 6.92 Å². The Balaban J connectivity index is 0. The number of carbonyl (C=O) groups excluding carboxylic acids is 1. The number of hydrogen-bond donors (Lipinski definition) is 4. The predicted octanol–water partition coefficient (Wildman–Crippen LogP) is 1.18. The molecule has 0 rings (SSSR count). The molecule has 0 saturated carbocycles. The lowest BCUT2D eigenvalue weighted by Crippen LogP contribution is -2.43. The van der Waals surface area contributed by atoms with E-state index in [1.165, 1.54) is 0 Å². The third kappa shape index (κ3) is 18.2. The van der Waals surface area contributed by atoms with Gasteiger partial charge in [0.1, 0.15) is 11.6 Å². The van der Waals surface area contributed by atoms with Crippen molar-refractivity contribution in [2.45, 2.75) is 58.6 Å². The first-order valence-electron chi connectivity index (χ1n) is 6.61. The van der Waals surface area contributed by atoms with E-state index in [1.807, 2.05) is 0 Å². The molecule has 0 saturated heterocycles. The molecule has 0 aliphatic heterocycles. The van der Waals surface area contributed by atoms with Crippen LogP contribution in [0.1, 0.15) is 47.0 Å². The molecule has 124 valence electrons. The number of alkyl carbamates (subject to hydrolysis) is 1. The molecule has 0 aromatic rings. The molecular weight excluding hydrogens is 280 g/mol. The van der Waals surface area contributed by atoms with Gasteiger partial charge in [-0.05, 0) is 46.6 Å². The van der Waals surface area contributed by atoms with Gasteiger partial charge in [-0.2, -0.15) is 0 Å². The molecule has 1 unspecified atom stereocenters. The molecule has 8 nitrogen and oxygen atoms in total. The molecule has 0 heterocycles. The summed E-state index contributed by atoms with van der Waals surface area (Å²) in [5.41, 5.74) is 4.68. The van der Waals surface area contributed by atoms with Crippen molar-refractivity contribution >= 4 is 18.0 Å². The van der Waals surface area contributed by atoms with E-state index in [4.69, 9.17) is 25.5 Å². The molecule has 0 aromatic carbocycles. The highest BCUT2D eigenvalue weighted by Gasteiger charge is 2.23. The number of carboxylic acids is 2. The van der Waals surface area contributed by atoms with E-state index in [9.17, 15) is 9.59 Å². The minimum atomic E-state index is -1.06. The predicted molar refractivity (Wildman–Crippen MR) is 77.0 cm³/mol. The Labute approximate surface area is 124 Å². The van der Waals surface area contributed by atoms with E-state index in [0.717, 1.165) is 13.3 Å². The number of carboxylic acid groups (broad SMARTS) is 2. The summed E-state index contributed by atoms with van der Waals surface area (Å²) >= 11 is 0. The highest BCUT2D eigenvalue weighted by molar-refractivity contribution is 5.79. The van der Waals surface area contributed by atoms with E-state index < -0.39 is 29.7 Å². The molecule has 8 heteroatoms. The summed E-state index contributed by atoms with van der Waals surface area (Å²) in [4.78, 5) is 31.3. The van der Waals surface area contributed by atoms with Gasteiger partial charge in [-0.15, -0.1) is 0 Å². The topological polar surface area (TPSA) is 139 Å². The first kappa shape index (κ1) is 21.5. The molecule has 5 N–H and O–H groups in total. The van der Waals surface area contributed by atoms with E-state index in [2.05, 4.69) is 5.32 Å². The Hall–Kier alpha value is -1.83. The molecule has 0 radical (unpaired) electrons. The standard InChI is InChI=1S/C11H22N2O4.C2H4O2/c1-11(2,3)17-10(16)13-8(9(14)15)6-4-5-7-12;1-2(3)4/h8H,4-7,12H2,1-3H3,(H,13,16)(H,14,15);1H3,(H,3,4). The largest absolute Gasteiger partial charge is 0.481 e. The van der Waals surface area contributed by atoms with Crippen LogP contribution in [0.25, 0.3) is 0 Å². The molecule has 0 aliphatic carbocycles. The van der Waals surface area contributed by atoms with Crippen LogP contribution >= 0.6 is 0 Å². The van der Waals surface area contributed by atoms with Gasteiger partial charge in [-0.3, -0.25) is 4.79 Å². The summed E-state index contributed by atoms with van der Waals surface area (Å²) in [6, 6.07) is -0.920. The molecule has 21 heavy (non-hydrogen) atoms. The number of nitrogens with two attached hydrogens (primary N) is 1. The van der Waals surface area contributed by atoms with E-state index in [-0.39, 0.29) is 0 Å². The van der Waals surface area contributed by atoms with Crippen molar-refractivity contribution in [2.75, 3.05) is 6.54 Å². The van der Waals surface area contributed by atoms with E-state index in [1.54, 1.807) is 20.8 Å². The summed E-state index contributed by atoms with van der Waals surface area (Å²) in [6.07, 6.45) is 1.03. The van der Waals surface area contributed by atoms with Crippen molar-refractivity contribution in [2.24, 2.45) is 5.73 Å². The zero-order valence-electron chi connectivity index (χ0n) is 13.0. The first-order valence-corrected chi connectivity index (χ1v) is 6.61. The fraction of sp³-hybridized carbons (Fsp3) is 0.769. The van der Waals surface area contributed by atoms with Gasteiger partial charge in [0.15, 0.2) is 0 Å². The van der Waals surface area contributed by atoms with E-state index >= 15 is 0 Å². The van der Waals surface area contributed by atoms with Gasteiger partial charge >= 0.3 is 12.1 Å². The summed E-state index contributed by atoms with van der Waals surface area (Å²) in [5.74, 6) is -1.90.